The van der Waals surface area contributed by atoms with Crippen molar-refractivity contribution in [1.82, 2.24) is 0 Å². The first-order valence-corrected chi connectivity index (χ1v) is 5.65. The molecule has 2 aromatic carbocycles. The third-order valence-electron chi connectivity index (χ3n) is 2.67. The first kappa shape index (κ1) is 12.8. The van der Waals surface area contributed by atoms with Gasteiger partial charge in [-0.3, -0.25) is 4.79 Å². The topological polar surface area (TPSA) is 70.3 Å². The lowest BCUT2D eigenvalue weighted by molar-refractivity contribution is 0.0747. The molecule has 1 N–H and O–H groups in total. The average molecular weight is 253 g/mol. The summed E-state index contributed by atoms with van der Waals surface area (Å²) < 4.78 is 4.62. The largest absolute Gasteiger partial charge is 0.388 e. The highest BCUT2D eigenvalue weighted by Gasteiger charge is 2.18. The number of nitriles is 1. The van der Waals surface area contributed by atoms with Crippen molar-refractivity contribution < 1.29 is 14.6 Å². The third kappa shape index (κ3) is 2.97. The first-order chi connectivity index (χ1) is 9.22. The average Bonchev–Trinajstić information content (AvgIpc) is 2.48. The number of aliphatic hydroxyl groups is 1. The van der Waals surface area contributed by atoms with Crippen LogP contribution in [0.15, 0.2) is 54.6 Å². The fourth-order valence-corrected chi connectivity index (χ4v) is 1.68. The molecule has 4 nitrogen and oxygen atoms in total. The molecule has 0 amide bonds. The van der Waals surface area contributed by atoms with Crippen LogP contribution in [0.4, 0.5) is 0 Å². The minimum absolute atomic E-state index is 0.366. The number of rotatable bonds is 4. The number of carbonyl (C=O) groups is 1. The van der Waals surface area contributed by atoms with Gasteiger partial charge in [0.05, 0.1) is 0 Å². The van der Waals surface area contributed by atoms with Crippen LogP contribution in [-0.4, -0.2) is 10.9 Å². The second-order valence-electron chi connectivity index (χ2n) is 3.90. The normalized spacial score (nSPS) is 11.4. The van der Waals surface area contributed by atoms with Crippen LogP contribution in [0, 0.1) is 11.5 Å². The Labute approximate surface area is 110 Å². The Bertz CT molecular complexity index is 600. The van der Waals surface area contributed by atoms with Crippen LogP contribution in [0.2, 0.25) is 0 Å². The van der Waals surface area contributed by atoms with Crippen molar-refractivity contribution in [3.05, 3.63) is 65.7 Å². The molecule has 2 rings (SSSR count). The minimum Gasteiger partial charge on any atom is -0.388 e. The van der Waals surface area contributed by atoms with Crippen molar-refractivity contribution >= 4 is 5.78 Å². The molecule has 2 aromatic rings. The number of aliphatic hydroxyl groups excluding tert-OH is 1. The lowest BCUT2D eigenvalue weighted by atomic mass is 10.00. The van der Waals surface area contributed by atoms with E-state index in [9.17, 15) is 9.90 Å². The number of Topliss-reactive ketones (excluding diaryl/α,β-unsaturated/α-hetero) is 1. The molecule has 0 spiro atoms. The van der Waals surface area contributed by atoms with E-state index < -0.39 is 6.10 Å². The maximum Gasteiger partial charge on any atom is 0.292 e. The van der Waals surface area contributed by atoms with Gasteiger partial charge < -0.3 is 9.84 Å². The van der Waals surface area contributed by atoms with Gasteiger partial charge in [-0.05, 0) is 17.7 Å². The summed E-state index contributed by atoms with van der Waals surface area (Å²) in [6.45, 7) is 0. The van der Waals surface area contributed by atoms with Crippen molar-refractivity contribution in [1.29, 1.82) is 5.26 Å². The van der Waals surface area contributed by atoms with Gasteiger partial charge in [-0.2, -0.15) is 0 Å². The Morgan fingerprint density at radius 2 is 1.74 bits per heavy atom. The summed E-state index contributed by atoms with van der Waals surface area (Å²) in [6.07, 6.45) is 0.328. The van der Waals surface area contributed by atoms with Gasteiger partial charge in [0.2, 0.25) is 0 Å². The highest BCUT2D eigenvalue weighted by atomic mass is 16.5. The van der Waals surface area contributed by atoms with Crippen molar-refractivity contribution in [2.24, 2.45) is 0 Å². The number of carbonyl (C=O) groups excluding carboxylic acids is 1. The summed E-state index contributed by atoms with van der Waals surface area (Å²) in [5.74, 6) is 0.000150. The third-order valence-corrected chi connectivity index (χ3v) is 2.67. The molecule has 94 valence electrons. The maximum atomic E-state index is 12.0. The van der Waals surface area contributed by atoms with Crippen molar-refractivity contribution in [2.45, 2.75) is 6.10 Å². The van der Waals surface area contributed by atoms with E-state index in [4.69, 9.17) is 5.26 Å². The van der Waals surface area contributed by atoms with Crippen LogP contribution in [0.1, 0.15) is 22.0 Å². The fraction of sp³-hybridized carbons (Fsp3) is 0.0667. The van der Waals surface area contributed by atoms with Gasteiger partial charge in [-0.1, -0.05) is 42.5 Å². The Balaban J connectivity index is 2.18. The predicted molar refractivity (Wildman–Crippen MR) is 68.4 cm³/mol. The van der Waals surface area contributed by atoms with E-state index in [1.807, 2.05) is 0 Å². The summed E-state index contributed by atoms with van der Waals surface area (Å²) in [5.41, 5.74) is 0.909. The molecule has 0 aliphatic heterocycles. The molecule has 19 heavy (non-hydrogen) atoms. The van der Waals surface area contributed by atoms with Crippen molar-refractivity contribution in [3.63, 3.8) is 0 Å². The number of nitrogens with zero attached hydrogens (tertiary/aromatic N) is 1. The zero-order valence-corrected chi connectivity index (χ0v) is 9.98. The van der Waals surface area contributed by atoms with E-state index in [1.54, 1.807) is 48.7 Å². The summed E-state index contributed by atoms with van der Waals surface area (Å²) in [4.78, 5) is 12.0. The van der Waals surface area contributed by atoms with Crippen molar-refractivity contribution in [3.8, 4) is 12.0 Å². The van der Waals surface area contributed by atoms with Gasteiger partial charge in [0.25, 0.3) is 6.26 Å². The number of hydrogen-bond donors (Lipinski definition) is 1. The summed E-state index contributed by atoms with van der Waals surface area (Å²) in [5, 5.41) is 18.4. The molecule has 0 radical (unpaired) electrons. The van der Waals surface area contributed by atoms with Gasteiger partial charge in [-0.25, -0.2) is 0 Å². The standard InChI is InChI=1S/C15H11NO3/c16-10-19-13-8-6-12(7-9-13)15(18)14(17)11-4-2-1-3-5-11/h1-9,15,18H. The van der Waals surface area contributed by atoms with Crippen LogP contribution in [0.25, 0.3) is 0 Å². The molecular formula is C15H11NO3. The van der Waals surface area contributed by atoms with E-state index in [0.717, 1.165) is 0 Å². The summed E-state index contributed by atoms with van der Waals surface area (Å²) >= 11 is 0. The smallest absolute Gasteiger partial charge is 0.292 e. The number of ketones is 1. The van der Waals surface area contributed by atoms with Gasteiger partial charge in [-0.15, -0.1) is 5.26 Å². The summed E-state index contributed by atoms with van der Waals surface area (Å²) in [6, 6.07) is 14.7. The van der Waals surface area contributed by atoms with Crippen LogP contribution in [0.5, 0.6) is 5.75 Å². The number of benzene rings is 2. The zero-order valence-electron chi connectivity index (χ0n) is 9.98. The molecule has 0 saturated carbocycles. The Morgan fingerprint density at radius 1 is 1.11 bits per heavy atom. The lowest BCUT2D eigenvalue weighted by Crippen LogP contribution is -2.12. The van der Waals surface area contributed by atoms with Gasteiger partial charge in [0.15, 0.2) is 5.78 Å². The van der Waals surface area contributed by atoms with Crippen LogP contribution in [-0.2, 0) is 0 Å². The first-order valence-electron chi connectivity index (χ1n) is 5.65. The monoisotopic (exact) mass is 253 g/mol. The van der Waals surface area contributed by atoms with Gasteiger partial charge in [0.1, 0.15) is 11.9 Å². The molecule has 1 unspecified atom stereocenters. The Kier molecular flexibility index (Phi) is 3.91. The molecule has 0 aliphatic carbocycles. The summed E-state index contributed by atoms with van der Waals surface area (Å²) in [7, 11) is 0. The van der Waals surface area contributed by atoms with Crippen LogP contribution in [0.3, 0.4) is 0 Å². The Hall–Kier alpha value is -2.64. The van der Waals surface area contributed by atoms with E-state index in [0.29, 0.717) is 16.9 Å². The molecule has 0 aliphatic rings. The van der Waals surface area contributed by atoms with Crippen LogP contribution >= 0.6 is 0 Å². The van der Waals surface area contributed by atoms with Crippen molar-refractivity contribution in [2.75, 3.05) is 0 Å². The lowest BCUT2D eigenvalue weighted by Gasteiger charge is -2.10. The minimum atomic E-state index is -1.22. The zero-order chi connectivity index (χ0) is 13.7. The molecule has 4 heteroatoms. The molecule has 1 atom stereocenters. The predicted octanol–water partition coefficient (Wildman–Crippen LogP) is 2.46. The van der Waals surface area contributed by atoms with E-state index in [-0.39, 0.29) is 5.78 Å². The second kappa shape index (κ2) is 5.80. The van der Waals surface area contributed by atoms with Crippen LogP contribution < -0.4 is 4.74 Å². The molecular weight excluding hydrogens is 242 g/mol. The number of ether oxygens (including phenoxy) is 1. The highest BCUT2D eigenvalue weighted by Crippen LogP contribution is 2.21. The van der Waals surface area contributed by atoms with E-state index in [2.05, 4.69) is 4.74 Å². The number of hydrogen-bond acceptors (Lipinski definition) is 4. The Morgan fingerprint density at radius 3 is 2.32 bits per heavy atom. The molecule has 0 saturated heterocycles. The quantitative estimate of drug-likeness (QED) is 0.671. The highest BCUT2D eigenvalue weighted by molar-refractivity contribution is 5.99. The van der Waals surface area contributed by atoms with Gasteiger partial charge >= 0.3 is 0 Å². The maximum absolute atomic E-state index is 12.0. The van der Waals surface area contributed by atoms with E-state index >= 15 is 0 Å². The second-order valence-corrected chi connectivity index (χ2v) is 3.90. The fourth-order valence-electron chi connectivity index (χ4n) is 1.68. The van der Waals surface area contributed by atoms with E-state index in [1.165, 1.54) is 12.1 Å². The van der Waals surface area contributed by atoms with Gasteiger partial charge in [0, 0.05) is 5.56 Å². The molecule has 0 fully saturated rings. The molecule has 0 aromatic heterocycles. The molecule has 0 bridgehead atoms. The molecule has 0 heterocycles. The SMILES string of the molecule is N#COc1ccc(C(O)C(=O)c2ccccc2)cc1.